The fourth-order valence-electron chi connectivity index (χ4n) is 2.49. The maximum atomic E-state index is 9.38. The van der Waals surface area contributed by atoms with Crippen LogP contribution >= 0.6 is 0 Å². The lowest BCUT2D eigenvalue weighted by molar-refractivity contribution is 0.110. The van der Waals surface area contributed by atoms with Crippen LogP contribution in [0.15, 0.2) is 0 Å². The summed E-state index contributed by atoms with van der Waals surface area (Å²) in [7, 11) is 4.24. The van der Waals surface area contributed by atoms with Gasteiger partial charge in [-0.05, 0) is 34.0 Å². The smallest absolute Gasteiger partial charge is 0.116 e. The molecule has 1 unspecified atom stereocenters. The van der Waals surface area contributed by atoms with Crippen LogP contribution in [0.5, 0.6) is 0 Å². The molecule has 0 aromatic heterocycles. The summed E-state index contributed by atoms with van der Waals surface area (Å²) in [6.45, 7) is 12.5. The molecule has 0 aliphatic carbocycles. The second-order valence-corrected chi connectivity index (χ2v) is 6.29. The number of nitrogens with one attached hydrogen (secondary N) is 1. The Morgan fingerprint density at radius 2 is 1.80 bits per heavy atom. The molecule has 1 rings (SSSR count). The van der Waals surface area contributed by atoms with E-state index < -0.39 is 5.54 Å². The fourth-order valence-corrected chi connectivity index (χ4v) is 2.49. The number of likely N-dealkylation sites (N-methyl/N-ethyl adjacent to an activating group) is 1. The van der Waals surface area contributed by atoms with Gasteiger partial charge in [0.15, 0.2) is 0 Å². The highest BCUT2D eigenvalue weighted by Gasteiger charge is 2.28. The normalized spacial score (nSPS) is 20.8. The number of nitrogens with zero attached hydrogens (tertiary/aromatic N) is 4. The summed E-state index contributed by atoms with van der Waals surface area (Å²) >= 11 is 0. The van der Waals surface area contributed by atoms with Gasteiger partial charge >= 0.3 is 0 Å². The van der Waals surface area contributed by atoms with Gasteiger partial charge in [0, 0.05) is 45.8 Å². The average Bonchev–Trinajstić information content (AvgIpc) is 2.44. The predicted octanol–water partition coefficient (Wildman–Crippen LogP) is 0.447. The van der Waals surface area contributed by atoms with Gasteiger partial charge in [-0.2, -0.15) is 5.26 Å². The molecule has 0 aromatic rings. The number of hydrogen-bond donors (Lipinski definition) is 1. The van der Waals surface area contributed by atoms with E-state index in [9.17, 15) is 5.26 Å². The molecule has 0 spiro atoms. The lowest BCUT2D eigenvalue weighted by Crippen LogP contribution is -2.55. The third kappa shape index (κ3) is 6.19. The van der Waals surface area contributed by atoms with Crippen LogP contribution in [0, 0.1) is 11.3 Å². The van der Waals surface area contributed by atoms with Crippen LogP contribution in [-0.4, -0.2) is 86.7 Å². The minimum atomic E-state index is -0.415. The Morgan fingerprint density at radius 3 is 2.30 bits per heavy atom. The van der Waals surface area contributed by atoms with E-state index in [1.807, 2.05) is 6.92 Å². The first-order valence-corrected chi connectivity index (χ1v) is 7.75. The first kappa shape index (κ1) is 17.4. The van der Waals surface area contributed by atoms with Crippen molar-refractivity contribution in [2.45, 2.75) is 25.8 Å². The molecule has 0 aromatic carbocycles. The molecular weight excluding hydrogens is 250 g/mol. The van der Waals surface area contributed by atoms with E-state index in [0.29, 0.717) is 0 Å². The fraction of sp³-hybridized carbons (Fsp3) is 0.933. The molecule has 1 aliphatic rings. The second-order valence-electron chi connectivity index (χ2n) is 6.29. The predicted molar refractivity (Wildman–Crippen MR) is 83.7 cm³/mol. The molecule has 1 aliphatic heterocycles. The third-order valence-corrected chi connectivity index (χ3v) is 3.88. The van der Waals surface area contributed by atoms with Crippen LogP contribution in [0.3, 0.4) is 0 Å². The van der Waals surface area contributed by atoms with Crippen LogP contribution in [-0.2, 0) is 0 Å². The van der Waals surface area contributed by atoms with Crippen molar-refractivity contribution in [3.05, 3.63) is 0 Å². The van der Waals surface area contributed by atoms with Crippen molar-refractivity contribution in [1.82, 2.24) is 20.0 Å². The van der Waals surface area contributed by atoms with E-state index in [-0.39, 0.29) is 0 Å². The van der Waals surface area contributed by atoms with Gasteiger partial charge in [-0.1, -0.05) is 6.92 Å². The maximum Gasteiger partial charge on any atom is 0.116 e. The maximum absolute atomic E-state index is 9.38. The molecule has 1 N–H and O–H groups in total. The van der Waals surface area contributed by atoms with Crippen molar-refractivity contribution in [3.8, 4) is 6.07 Å². The summed E-state index contributed by atoms with van der Waals surface area (Å²) in [6.07, 6.45) is 1.07. The average molecular weight is 281 g/mol. The molecule has 5 nitrogen and oxygen atoms in total. The summed E-state index contributed by atoms with van der Waals surface area (Å²) in [5.74, 6) is 0. The van der Waals surface area contributed by atoms with Gasteiger partial charge in [0.25, 0.3) is 0 Å². The quantitative estimate of drug-likeness (QED) is 0.700. The monoisotopic (exact) mass is 281 g/mol. The Balaban J connectivity index is 2.32. The molecule has 0 amide bonds. The Bertz CT molecular complexity index is 304. The van der Waals surface area contributed by atoms with E-state index in [1.165, 1.54) is 0 Å². The molecule has 0 radical (unpaired) electrons. The van der Waals surface area contributed by atoms with Crippen molar-refractivity contribution in [1.29, 1.82) is 5.26 Å². The van der Waals surface area contributed by atoms with Crippen LogP contribution in [0.25, 0.3) is 0 Å². The molecule has 5 heteroatoms. The van der Waals surface area contributed by atoms with Crippen LogP contribution in [0.1, 0.15) is 20.3 Å². The molecule has 20 heavy (non-hydrogen) atoms. The largest absolute Gasteiger partial charge is 0.308 e. The molecule has 116 valence electrons. The highest BCUT2D eigenvalue weighted by atomic mass is 15.3. The highest BCUT2D eigenvalue weighted by Crippen LogP contribution is 2.09. The van der Waals surface area contributed by atoms with Crippen molar-refractivity contribution in [3.63, 3.8) is 0 Å². The standard InChI is InChI=1S/C15H31N5/c1-5-6-17-15(2,13-16)14-20-11-9-19(10-12-20)8-7-18(3)4/h17H,5-12,14H2,1-4H3. The summed E-state index contributed by atoms with van der Waals surface area (Å²) in [5, 5.41) is 12.8. The molecule has 1 fully saturated rings. The van der Waals surface area contributed by atoms with Crippen molar-refractivity contribution in [2.24, 2.45) is 0 Å². The Morgan fingerprint density at radius 1 is 1.20 bits per heavy atom. The lowest BCUT2D eigenvalue weighted by atomic mass is 10.0. The number of piperazine rings is 1. The number of nitriles is 1. The van der Waals surface area contributed by atoms with Gasteiger partial charge < -0.3 is 4.90 Å². The molecule has 1 atom stereocenters. The van der Waals surface area contributed by atoms with Crippen LogP contribution < -0.4 is 5.32 Å². The van der Waals surface area contributed by atoms with Gasteiger partial charge in [0.05, 0.1) is 6.07 Å². The Hall–Kier alpha value is -0.670. The van der Waals surface area contributed by atoms with E-state index in [4.69, 9.17) is 0 Å². The van der Waals surface area contributed by atoms with Crippen molar-refractivity contribution >= 4 is 0 Å². The van der Waals surface area contributed by atoms with Gasteiger partial charge in [0.1, 0.15) is 5.54 Å². The molecular formula is C15H31N5. The first-order chi connectivity index (χ1) is 9.49. The van der Waals surface area contributed by atoms with Crippen molar-refractivity contribution < 1.29 is 0 Å². The zero-order chi connectivity index (χ0) is 15.0. The minimum Gasteiger partial charge on any atom is -0.308 e. The first-order valence-electron chi connectivity index (χ1n) is 7.75. The SMILES string of the molecule is CCCNC(C)(C#N)CN1CCN(CCN(C)C)CC1. The molecule has 1 heterocycles. The highest BCUT2D eigenvalue weighted by molar-refractivity contribution is 5.06. The summed E-state index contributed by atoms with van der Waals surface area (Å²) in [6, 6.07) is 2.44. The van der Waals surface area contributed by atoms with Gasteiger partial charge in [-0.25, -0.2) is 0 Å². The van der Waals surface area contributed by atoms with E-state index in [0.717, 1.165) is 58.8 Å². The summed E-state index contributed by atoms with van der Waals surface area (Å²) < 4.78 is 0. The Labute approximate surface area is 124 Å². The summed E-state index contributed by atoms with van der Waals surface area (Å²) in [5.41, 5.74) is -0.415. The molecule has 1 saturated heterocycles. The Kier molecular flexibility index (Phi) is 7.46. The van der Waals surface area contributed by atoms with Gasteiger partial charge in [0.2, 0.25) is 0 Å². The summed E-state index contributed by atoms with van der Waals surface area (Å²) in [4.78, 5) is 7.16. The van der Waals surface area contributed by atoms with E-state index in [2.05, 4.69) is 47.1 Å². The zero-order valence-corrected chi connectivity index (χ0v) is 13.7. The lowest BCUT2D eigenvalue weighted by Gasteiger charge is -2.38. The van der Waals surface area contributed by atoms with Gasteiger partial charge in [-0.15, -0.1) is 0 Å². The van der Waals surface area contributed by atoms with Crippen LogP contribution in [0.4, 0.5) is 0 Å². The minimum absolute atomic E-state index is 0.415. The molecule has 0 saturated carbocycles. The topological polar surface area (TPSA) is 45.5 Å². The number of hydrogen-bond acceptors (Lipinski definition) is 5. The molecule has 0 bridgehead atoms. The van der Waals surface area contributed by atoms with Crippen molar-refractivity contribution in [2.75, 3.05) is 66.5 Å². The van der Waals surface area contributed by atoms with Crippen LogP contribution in [0.2, 0.25) is 0 Å². The van der Waals surface area contributed by atoms with E-state index >= 15 is 0 Å². The number of rotatable bonds is 8. The van der Waals surface area contributed by atoms with E-state index in [1.54, 1.807) is 0 Å². The third-order valence-electron chi connectivity index (χ3n) is 3.88. The second kappa shape index (κ2) is 8.58. The zero-order valence-electron chi connectivity index (χ0n) is 13.7. The van der Waals surface area contributed by atoms with Gasteiger partial charge in [-0.3, -0.25) is 15.1 Å².